The van der Waals surface area contributed by atoms with E-state index < -0.39 is 9.84 Å². The van der Waals surface area contributed by atoms with Crippen LogP contribution in [-0.2, 0) is 35.4 Å². The van der Waals surface area contributed by atoms with Gasteiger partial charge in [-0.1, -0.05) is 6.92 Å². The fourth-order valence-electron chi connectivity index (χ4n) is 4.19. The highest BCUT2D eigenvalue weighted by Gasteiger charge is 2.31. The number of carbonyl (C=O) groups is 3. The Morgan fingerprint density at radius 3 is 2.41 bits per heavy atom. The standard InChI is InChI=1S/C22H29BrN2O6S/c1-3-20(26)25-11-7-16-13-17(23)19(14-18(16)25)32(29,30)12-8-21(27)24-9-5-15(6-10-24)22(28)31-4-2/h13-15H,3-12H2,1-2H3. The van der Waals surface area contributed by atoms with Crippen LogP contribution >= 0.6 is 15.9 Å². The first-order valence-electron chi connectivity index (χ1n) is 11.0. The number of hydrogen-bond acceptors (Lipinski definition) is 6. The molecule has 0 aliphatic carbocycles. The molecule has 2 heterocycles. The van der Waals surface area contributed by atoms with Crippen molar-refractivity contribution < 1.29 is 27.5 Å². The summed E-state index contributed by atoms with van der Waals surface area (Å²) in [5.41, 5.74) is 1.56. The van der Waals surface area contributed by atoms with Crippen LogP contribution in [0.4, 0.5) is 5.69 Å². The third-order valence-corrected chi connectivity index (χ3v) is 8.69. The number of sulfone groups is 1. The minimum Gasteiger partial charge on any atom is -0.466 e. The summed E-state index contributed by atoms with van der Waals surface area (Å²) in [5.74, 6) is -1.05. The molecule has 1 fully saturated rings. The van der Waals surface area contributed by atoms with E-state index in [9.17, 15) is 22.8 Å². The van der Waals surface area contributed by atoms with E-state index in [0.29, 0.717) is 62.1 Å². The van der Waals surface area contributed by atoms with Crippen molar-refractivity contribution in [3.8, 4) is 0 Å². The fraction of sp³-hybridized carbons (Fsp3) is 0.591. The molecule has 10 heteroatoms. The topological polar surface area (TPSA) is 101 Å². The Kier molecular flexibility index (Phi) is 7.97. The van der Waals surface area contributed by atoms with Gasteiger partial charge >= 0.3 is 5.97 Å². The largest absolute Gasteiger partial charge is 0.466 e. The first kappa shape index (κ1) is 24.7. The number of halogens is 1. The molecule has 0 atom stereocenters. The Labute approximate surface area is 197 Å². The molecule has 0 spiro atoms. The predicted molar refractivity (Wildman–Crippen MR) is 123 cm³/mol. The summed E-state index contributed by atoms with van der Waals surface area (Å²) in [4.78, 5) is 40.0. The van der Waals surface area contributed by atoms with Crippen molar-refractivity contribution in [1.29, 1.82) is 0 Å². The Bertz CT molecular complexity index is 1000. The molecule has 0 N–H and O–H groups in total. The van der Waals surface area contributed by atoms with Gasteiger partial charge in [0.25, 0.3) is 0 Å². The van der Waals surface area contributed by atoms with Gasteiger partial charge in [-0.2, -0.15) is 0 Å². The van der Waals surface area contributed by atoms with Gasteiger partial charge in [-0.15, -0.1) is 0 Å². The lowest BCUT2D eigenvalue weighted by Crippen LogP contribution is -2.41. The molecular weight excluding hydrogens is 500 g/mol. The summed E-state index contributed by atoms with van der Waals surface area (Å²) < 4.78 is 31.6. The second-order valence-corrected chi connectivity index (χ2v) is 11.0. The lowest BCUT2D eigenvalue weighted by atomic mass is 9.97. The Morgan fingerprint density at radius 1 is 1.09 bits per heavy atom. The number of ether oxygens (including phenoxy) is 1. The Balaban J connectivity index is 1.64. The molecule has 2 amide bonds. The average molecular weight is 529 g/mol. The molecule has 1 aromatic carbocycles. The smallest absolute Gasteiger partial charge is 0.309 e. The van der Waals surface area contributed by atoms with Gasteiger partial charge in [0.2, 0.25) is 11.8 Å². The number of benzene rings is 1. The molecule has 0 radical (unpaired) electrons. The van der Waals surface area contributed by atoms with E-state index in [1.165, 1.54) is 0 Å². The summed E-state index contributed by atoms with van der Waals surface area (Å²) in [6.07, 6.45) is 1.94. The van der Waals surface area contributed by atoms with Crippen molar-refractivity contribution in [2.75, 3.05) is 36.9 Å². The first-order valence-corrected chi connectivity index (χ1v) is 13.4. The molecular formula is C22H29BrN2O6S. The zero-order valence-corrected chi connectivity index (χ0v) is 20.8. The molecule has 0 unspecified atom stereocenters. The number of rotatable bonds is 7. The van der Waals surface area contributed by atoms with Crippen molar-refractivity contribution in [2.24, 2.45) is 5.92 Å². The van der Waals surface area contributed by atoms with Crippen LogP contribution in [-0.4, -0.2) is 63.1 Å². The first-order chi connectivity index (χ1) is 15.2. The van der Waals surface area contributed by atoms with Crippen molar-refractivity contribution in [3.05, 3.63) is 22.2 Å². The van der Waals surface area contributed by atoms with Crippen molar-refractivity contribution in [3.63, 3.8) is 0 Å². The van der Waals surface area contributed by atoms with Gasteiger partial charge in [0.15, 0.2) is 9.84 Å². The molecule has 32 heavy (non-hydrogen) atoms. The summed E-state index contributed by atoms with van der Waals surface area (Å²) >= 11 is 3.35. The van der Waals surface area contributed by atoms with Gasteiger partial charge in [-0.25, -0.2) is 8.42 Å². The number of nitrogens with zero attached hydrogens (tertiary/aromatic N) is 2. The third kappa shape index (κ3) is 5.33. The van der Waals surface area contributed by atoms with Crippen molar-refractivity contribution >= 4 is 49.2 Å². The normalized spacial score (nSPS) is 16.7. The van der Waals surface area contributed by atoms with Crippen molar-refractivity contribution in [1.82, 2.24) is 4.90 Å². The maximum atomic E-state index is 13.0. The van der Waals surface area contributed by atoms with Gasteiger partial charge in [-0.05, 0) is 59.8 Å². The number of hydrogen-bond donors (Lipinski definition) is 0. The monoisotopic (exact) mass is 528 g/mol. The number of anilines is 1. The molecule has 1 aromatic rings. The van der Waals surface area contributed by atoms with Gasteiger partial charge in [0.1, 0.15) is 0 Å². The van der Waals surface area contributed by atoms with E-state index in [0.717, 1.165) is 5.56 Å². The minimum atomic E-state index is -3.74. The quantitative estimate of drug-likeness (QED) is 0.504. The van der Waals surface area contributed by atoms with E-state index in [-0.39, 0.29) is 40.8 Å². The van der Waals surface area contributed by atoms with Gasteiger partial charge in [-0.3, -0.25) is 14.4 Å². The minimum absolute atomic E-state index is 0.0455. The van der Waals surface area contributed by atoms with Crippen LogP contribution in [0.3, 0.4) is 0 Å². The van der Waals surface area contributed by atoms with E-state index in [1.807, 2.05) is 0 Å². The maximum Gasteiger partial charge on any atom is 0.309 e. The van der Waals surface area contributed by atoms with E-state index in [1.54, 1.807) is 35.8 Å². The molecule has 0 aromatic heterocycles. The molecule has 0 bridgehead atoms. The van der Waals surface area contributed by atoms with Gasteiger partial charge in [0, 0.05) is 42.6 Å². The highest BCUT2D eigenvalue weighted by Crippen LogP contribution is 2.36. The number of amides is 2. The number of carbonyl (C=O) groups excluding carboxylic acids is 3. The molecule has 3 rings (SSSR count). The molecule has 8 nitrogen and oxygen atoms in total. The lowest BCUT2D eigenvalue weighted by Gasteiger charge is -2.31. The summed E-state index contributed by atoms with van der Waals surface area (Å²) in [6.45, 7) is 5.24. The van der Waals surface area contributed by atoms with Crippen LogP contribution in [0, 0.1) is 5.92 Å². The fourth-order valence-corrected chi connectivity index (χ4v) is 6.63. The zero-order chi connectivity index (χ0) is 23.5. The average Bonchev–Trinajstić information content (AvgIpc) is 3.19. The van der Waals surface area contributed by atoms with Gasteiger partial charge < -0.3 is 14.5 Å². The second-order valence-electron chi connectivity index (χ2n) is 8.04. The maximum absolute atomic E-state index is 13.0. The Morgan fingerprint density at radius 2 is 1.78 bits per heavy atom. The Hall–Kier alpha value is -1.94. The van der Waals surface area contributed by atoms with Crippen LogP contribution in [0.5, 0.6) is 0 Å². The van der Waals surface area contributed by atoms with Crippen LogP contribution in [0.1, 0.15) is 45.1 Å². The van der Waals surface area contributed by atoms with E-state index in [4.69, 9.17) is 4.74 Å². The highest BCUT2D eigenvalue weighted by molar-refractivity contribution is 9.10. The van der Waals surface area contributed by atoms with Crippen LogP contribution < -0.4 is 4.90 Å². The van der Waals surface area contributed by atoms with E-state index >= 15 is 0 Å². The zero-order valence-electron chi connectivity index (χ0n) is 18.4. The number of piperidine rings is 1. The van der Waals surface area contributed by atoms with E-state index in [2.05, 4.69) is 15.9 Å². The van der Waals surface area contributed by atoms with Crippen molar-refractivity contribution in [2.45, 2.75) is 50.8 Å². The SMILES string of the molecule is CCOC(=O)C1CCN(C(=O)CCS(=O)(=O)c2cc3c(cc2Br)CCN3C(=O)CC)CC1. The number of esters is 1. The molecule has 2 aliphatic rings. The molecule has 2 aliphatic heterocycles. The summed E-state index contributed by atoms with van der Waals surface area (Å²) in [6, 6.07) is 3.30. The number of fused-ring (bicyclic) bond motifs is 1. The molecule has 176 valence electrons. The third-order valence-electron chi connectivity index (χ3n) is 6.02. The molecule has 0 saturated carbocycles. The second kappa shape index (κ2) is 10.3. The van der Waals surface area contributed by atoms with Crippen LogP contribution in [0.15, 0.2) is 21.5 Å². The number of likely N-dealkylation sites (tertiary alicyclic amines) is 1. The molecule has 1 saturated heterocycles. The highest BCUT2D eigenvalue weighted by atomic mass is 79.9. The van der Waals surface area contributed by atoms with Gasteiger partial charge in [0.05, 0.1) is 23.2 Å². The van der Waals surface area contributed by atoms with Crippen LogP contribution in [0.25, 0.3) is 0 Å². The summed E-state index contributed by atoms with van der Waals surface area (Å²) in [5, 5.41) is 0. The van der Waals surface area contributed by atoms with Crippen LogP contribution in [0.2, 0.25) is 0 Å². The predicted octanol–water partition coefficient (Wildman–Crippen LogP) is 2.71. The summed E-state index contributed by atoms with van der Waals surface area (Å²) in [7, 11) is -3.74. The lowest BCUT2D eigenvalue weighted by molar-refractivity contribution is -0.151.